The molecule has 0 saturated carbocycles. The third-order valence-electron chi connectivity index (χ3n) is 3.56. The van der Waals surface area contributed by atoms with E-state index >= 15 is 0 Å². The van der Waals surface area contributed by atoms with Crippen LogP contribution in [0, 0.1) is 0 Å². The Hall–Kier alpha value is -2.02. The number of hydrogen-bond donors (Lipinski definition) is 1. The quantitative estimate of drug-likeness (QED) is 0.676. The fourth-order valence-corrected chi connectivity index (χ4v) is 3.38. The maximum atomic E-state index is 5.45. The zero-order valence-corrected chi connectivity index (χ0v) is 13.9. The Balaban J connectivity index is 1.85. The molecule has 0 aliphatic carbocycles. The summed E-state index contributed by atoms with van der Waals surface area (Å²) in [6.07, 6.45) is 1.63. The lowest BCUT2D eigenvalue weighted by molar-refractivity contribution is 0.148. The molecular formula is C17H20N4OS. The molecule has 120 valence electrons. The Morgan fingerprint density at radius 1 is 1.17 bits per heavy atom. The van der Waals surface area contributed by atoms with Gasteiger partial charge in [-0.3, -0.25) is 0 Å². The first-order chi connectivity index (χ1) is 11.3. The van der Waals surface area contributed by atoms with Crippen LogP contribution in [0.1, 0.15) is 0 Å². The minimum absolute atomic E-state index is 0.548. The van der Waals surface area contributed by atoms with Crippen LogP contribution in [0.5, 0.6) is 0 Å². The number of nitrogens with two attached hydrogens (primary N) is 1. The predicted molar refractivity (Wildman–Crippen MR) is 96.0 cm³/mol. The Morgan fingerprint density at radius 3 is 2.78 bits per heavy atom. The number of fused-ring (bicyclic) bond motifs is 1. The molecule has 0 aliphatic rings. The minimum atomic E-state index is 0.548. The van der Waals surface area contributed by atoms with E-state index in [1.165, 1.54) is 10.4 Å². The molecule has 0 spiro atoms. The second-order valence-corrected chi connectivity index (χ2v) is 6.25. The first kappa shape index (κ1) is 15.9. The molecule has 0 fully saturated rings. The van der Waals surface area contributed by atoms with Crippen LogP contribution < -0.4 is 10.6 Å². The van der Waals surface area contributed by atoms with Crippen molar-refractivity contribution in [2.75, 3.05) is 38.3 Å². The summed E-state index contributed by atoms with van der Waals surface area (Å²) in [6.45, 7) is 2.54. The second kappa shape index (κ2) is 7.50. The number of ether oxygens (including phenoxy) is 1. The van der Waals surface area contributed by atoms with E-state index in [9.17, 15) is 0 Å². The summed E-state index contributed by atoms with van der Waals surface area (Å²) in [4.78, 5) is 13.2. The average molecular weight is 328 g/mol. The predicted octanol–water partition coefficient (Wildman–Crippen LogP) is 2.77. The summed E-state index contributed by atoms with van der Waals surface area (Å²) < 4.78 is 5.45. The van der Waals surface area contributed by atoms with Gasteiger partial charge in [0.1, 0.15) is 17.0 Å². The molecule has 0 atom stereocenters. The van der Waals surface area contributed by atoms with Gasteiger partial charge in [0.2, 0.25) is 0 Å². The van der Waals surface area contributed by atoms with E-state index in [1.807, 2.05) is 25.2 Å². The monoisotopic (exact) mass is 328 g/mol. The molecule has 3 rings (SSSR count). The van der Waals surface area contributed by atoms with Crippen molar-refractivity contribution in [3.8, 4) is 10.4 Å². The molecule has 2 heterocycles. The standard InChI is InChI=1S/C17H20N4OS/c1-21(8-10-22-9-7-18)16-14-11-15(13-5-3-2-4-6-13)23-17(14)20-12-19-16/h2-6,11-12H,7-10,18H2,1H3. The van der Waals surface area contributed by atoms with E-state index in [4.69, 9.17) is 10.5 Å². The summed E-state index contributed by atoms with van der Waals surface area (Å²) in [5, 5.41) is 1.08. The number of hydrogen-bond acceptors (Lipinski definition) is 6. The highest BCUT2D eigenvalue weighted by molar-refractivity contribution is 7.21. The van der Waals surface area contributed by atoms with Gasteiger partial charge in [-0.15, -0.1) is 11.3 Å². The molecule has 0 aliphatic heterocycles. The van der Waals surface area contributed by atoms with Gasteiger partial charge in [0.15, 0.2) is 0 Å². The first-order valence-electron chi connectivity index (χ1n) is 7.58. The van der Waals surface area contributed by atoms with Gasteiger partial charge in [-0.25, -0.2) is 9.97 Å². The average Bonchev–Trinajstić information content (AvgIpc) is 3.03. The van der Waals surface area contributed by atoms with E-state index in [0.717, 1.165) is 22.6 Å². The van der Waals surface area contributed by atoms with Crippen molar-refractivity contribution in [2.24, 2.45) is 5.73 Å². The van der Waals surface area contributed by atoms with Crippen molar-refractivity contribution in [1.82, 2.24) is 9.97 Å². The third kappa shape index (κ3) is 3.67. The Kier molecular flexibility index (Phi) is 5.17. The normalized spacial score (nSPS) is 11.0. The van der Waals surface area contributed by atoms with Gasteiger partial charge in [0.05, 0.1) is 18.6 Å². The molecular weight excluding hydrogens is 308 g/mol. The number of aromatic nitrogens is 2. The van der Waals surface area contributed by atoms with Crippen LogP contribution in [-0.2, 0) is 4.74 Å². The molecule has 0 amide bonds. The summed E-state index contributed by atoms with van der Waals surface area (Å²) in [5.74, 6) is 0.935. The van der Waals surface area contributed by atoms with Crippen LogP contribution in [0.15, 0.2) is 42.7 Å². The molecule has 23 heavy (non-hydrogen) atoms. The first-order valence-corrected chi connectivity index (χ1v) is 8.40. The maximum Gasteiger partial charge on any atom is 0.140 e. The Morgan fingerprint density at radius 2 is 2.00 bits per heavy atom. The highest BCUT2D eigenvalue weighted by Gasteiger charge is 2.12. The Bertz CT molecular complexity index is 760. The van der Waals surface area contributed by atoms with E-state index in [2.05, 4.69) is 33.1 Å². The van der Waals surface area contributed by atoms with Crippen LogP contribution in [-0.4, -0.2) is 43.3 Å². The van der Waals surface area contributed by atoms with Crippen molar-refractivity contribution in [2.45, 2.75) is 0 Å². The number of anilines is 1. The number of benzene rings is 1. The number of likely N-dealkylation sites (N-methyl/N-ethyl adjacent to an activating group) is 1. The SMILES string of the molecule is CN(CCOCCN)c1ncnc2sc(-c3ccccc3)cc12. The van der Waals surface area contributed by atoms with Crippen molar-refractivity contribution in [3.05, 3.63) is 42.7 Å². The molecule has 0 bridgehead atoms. The number of nitrogens with zero attached hydrogens (tertiary/aromatic N) is 3. The molecule has 6 heteroatoms. The van der Waals surface area contributed by atoms with Gasteiger partial charge in [0.25, 0.3) is 0 Å². The highest BCUT2D eigenvalue weighted by Crippen LogP contribution is 2.35. The van der Waals surface area contributed by atoms with Gasteiger partial charge < -0.3 is 15.4 Å². The maximum absolute atomic E-state index is 5.45. The molecule has 0 radical (unpaired) electrons. The van der Waals surface area contributed by atoms with Gasteiger partial charge in [0, 0.05) is 25.0 Å². The number of rotatable bonds is 7. The van der Waals surface area contributed by atoms with Gasteiger partial charge in [-0.05, 0) is 11.6 Å². The van der Waals surface area contributed by atoms with Crippen molar-refractivity contribution in [1.29, 1.82) is 0 Å². The summed E-state index contributed by atoms with van der Waals surface area (Å²) in [7, 11) is 2.02. The molecule has 0 unspecified atom stereocenters. The minimum Gasteiger partial charge on any atom is -0.378 e. The lowest BCUT2D eigenvalue weighted by Gasteiger charge is -2.18. The van der Waals surface area contributed by atoms with Crippen LogP contribution >= 0.6 is 11.3 Å². The fraction of sp³-hybridized carbons (Fsp3) is 0.294. The van der Waals surface area contributed by atoms with E-state index < -0.39 is 0 Å². The molecule has 5 nitrogen and oxygen atoms in total. The summed E-state index contributed by atoms with van der Waals surface area (Å²) >= 11 is 1.69. The molecule has 0 saturated heterocycles. The molecule has 1 aromatic carbocycles. The van der Waals surface area contributed by atoms with Gasteiger partial charge in [-0.1, -0.05) is 30.3 Å². The molecule has 3 aromatic rings. The zero-order valence-electron chi connectivity index (χ0n) is 13.1. The Labute approximate surface area is 139 Å². The number of thiophene rings is 1. The van der Waals surface area contributed by atoms with Gasteiger partial charge >= 0.3 is 0 Å². The zero-order chi connectivity index (χ0) is 16.1. The largest absolute Gasteiger partial charge is 0.378 e. The van der Waals surface area contributed by atoms with Gasteiger partial charge in [-0.2, -0.15) is 0 Å². The van der Waals surface area contributed by atoms with Crippen molar-refractivity contribution >= 4 is 27.4 Å². The summed E-state index contributed by atoms with van der Waals surface area (Å²) in [6, 6.07) is 12.5. The topological polar surface area (TPSA) is 64.3 Å². The van der Waals surface area contributed by atoms with Crippen LogP contribution in [0.2, 0.25) is 0 Å². The van der Waals surface area contributed by atoms with E-state index in [-0.39, 0.29) is 0 Å². The van der Waals surface area contributed by atoms with Crippen LogP contribution in [0.4, 0.5) is 5.82 Å². The summed E-state index contributed by atoms with van der Waals surface area (Å²) in [5.41, 5.74) is 6.64. The van der Waals surface area contributed by atoms with E-state index in [1.54, 1.807) is 17.7 Å². The smallest absolute Gasteiger partial charge is 0.140 e. The van der Waals surface area contributed by atoms with Crippen LogP contribution in [0.25, 0.3) is 20.7 Å². The molecule has 2 N–H and O–H groups in total. The van der Waals surface area contributed by atoms with E-state index in [0.29, 0.717) is 19.8 Å². The fourth-order valence-electron chi connectivity index (χ4n) is 2.38. The highest BCUT2D eigenvalue weighted by atomic mass is 32.1. The van der Waals surface area contributed by atoms with Crippen molar-refractivity contribution in [3.63, 3.8) is 0 Å². The second-order valence-electron chi connectivity index (χ2n) is 5.22. The van der Waals surface area contributed by atoms with Crippen molar-refractivity contribution < 1.29 is 4.74 Å². The van der Waals surface area contributed by atoms with Crippen LogP contribution in [0.3, 0.4) is 0 Å². The lowest BCUT2D eigenvalue weighted by Crippen LogP contribution is -2.24. The lowest BCUT2D eigenvalue weighted by atomic mass is 10.2. The molecule has 2 aromatic heterocycles. The third-order valence-corrected chi connectivity index (χ3v) is 4.65.